The maximum Gasteiger partial charge on any atom is 0.264 e. The Hall–Kier alpha value is -1.88. The third-order valence-electron chi connectivity index (χ3n) is 3.42. The molecule has 21 heavy (non-hydrogen) atoms. The highest BCUT2D eigenvalue weighted by Gasteiger charge is 2.21. The summed E-state index contributed by atoms with van der Waals surface area (Å²) in [5, 5.41) is 3.84. The topological polar surface area (TPSA) is 49.4 Å². The number of aryl methyl sites for hydroxylation is 1. The van der Waals surface area contributed by atoms with E-state index < -0.39 is 0 Å². The van der Waals surface area contributed by atoms with E-state index in [2.05, 4.69) is 5.32 Å². The first-order valence-corrected chi connectivity index (χ1v) is 7.94. The van der Waals surface area contributed by atoms with Gasteiger partial charge in [-0.1, -0.05) is 18.2 Å². The van der Waals surface area contributed by atoms with Gasteiger partial charge in [0.25, 0.3) is 5.91 Å². The van der Waals surface area contributed by atoms with Crippen molar-refractivity contribution in [3.8, 4) is 0 Å². The summed E-state index contributed by atoms with van der Waals surface area (Å²) in [5.74, 6) is -0.186. The number of carbonyl (C=O) groups is 2. The van der Waals surface area contributed by atoms with Gasteiger partial charge < -0.3 is 10.2 Å². The van der Waals surface area contributed by atoms with Crippen molar-refractivity contribution in [3.05, 3.63) is 34.7 Å². The summed E-state index contributed by atoms with van der Waals surface area (Å²) in [6.45, 7) is 6.92. The van der Waals surface area contributed by atoms with Crippen LogP contribution in [0.2, 0.25) is 0 Å². The zero-order valence-electron chi connectivity index (χ0n) is 12.6. The van der Waals surface area contributed by atoms with Crippen LogP contribution in [0.3, 0.4) is 0 Å². The Labute approximate surface area is 128 Å². The highest BCUT2D eigenvalue weighted by Crippen LogP contribution is 2.31. The average Bonchev–Trinajstić information content (AvgIpc) is 2.82. The molecule has 4 nitrogen and oxygen atoms in total. The number of nitrogens with zero attached hydrogens (tertiary/aromatic N) is 1. The normalized spacial score (nSPS) is 10.6. The van der Waals surface area contributed by atoms with Gasteiger partial charge in [0.05, 0.1) is 11.4 Å². The van der Waals surface area contributed by atoms with Crippen molar-refractivity contribution >= 4 is 33.2 Å². The minimum atomic E-state index is -0.119. The second kappa shape index (κ2) is 6.72. The summed E-state index contributed by atoms with van der Waals surface area (Å²) in [6.07, 6.45) is 0. The van der Waals surface area contributed by atoms with E-state index in [1.54, 1.807) is 4.90 Å². The van der Waals surface area contributed by atoms with Crippen LogP contribution < -0.4 is 5.32 Å². The highest BCUT2D eigenvalue weighted by atomic mass is 32.1. The van der Waals surface area contributed by atoms with Crippen LogP contribution in [-0.4, -0.2) is 36.3 Å². The SMILES string of the molecule is CCNC(=O)CN(CC)C(=O)c1sc2ccccc2c1C. The third-order valence-corrected chi connectivity index (χ3v) is 4.68. The number of benzene rings is 1. The average molecular weight is 304 g/mol. The molecule has 0 fully saturated rings. The van der Waals surface area contributed by atoms with E-state index >= 15 is 0 Å². The Balaban J connectivity index is 2.27. The fourth-order valence-corrected chi connectivity index (χ4v) is 3.45. The van der Waals surface area contributed by atoms with Gasteiger partial charge in [-0.2, -0.15) is 0 Å². The van der Waals surface area contributed by atoms with Gasteiger partial charge in [0.15, 0.2) is 0 Å². The first kappa shape index (κ1) is 15.5. The number of carbonyl (C=O) groups excluding carboxylic acids is 2. The van der Waals surface area contributed by atoms with E-state index in [-0.39, 0.29) is 18.4 Å². The number of fused-ring (bicyclic) bond motifs is 1. The van der Waals surface area contributed by atoms with Gasteiger partial charge in [0.2, 0.25) is 5.91 Å². The minimum absolute atomic E-state index is 0.0672. The zero-order chi connectivity index (χ0) is 15.4. The van der Waals surface area contributed by atoms with Crippen LogP contribution in [0.5, 0.6) is 0 Å². The molecule has 2 aromatic rings. The third kappa shape index (κ3) is 3.24. The van der Waals surface area contributed by atoms with Crippen molar-refractivity contribution in [2.24, 2.45) is 0 Å². The molecule has 0 bridgehead atoms. The number of nitrogens with one attached hydrogen (secondary N) is 1. The summed E-state index contributed by atoms with van der Waals surface area (Å²) in [5.41, 5.74) is 0.995. The molecule has 0 aliphatic rings. The zero-order valence-corrected chi connectivity index (χ0v) is 13.4. The molecule has 0 saturated heterocycles. The summed E-state index contributed by atoms with van der Waals surface area (Å²) >= 11 is 1.49. The lowest BCUT2D eigenvalue weighted by molar-refractivity contribution is -0.121. The van der Waals surface area contributed by atoms with E-state index in [0.717, 1.165) is 20.5 Å². The van der Waals surface area contributed by atoms with Crippen LogP contribution in [0.4, 0.5) is 0 Å². The van der Waals surface area contributed by atoms with Crippen molar-refractivity contribution in [2.75, 3.05) is 19.6 Å². The molecule has 1 heterocycles. The van der Waals surface area contributed by atoms with Crippen LogP contribution in [0.15, 0.2) is 24.3 Å². The van der Waals surface area contributed by atoms with E-state index in [1.165, 1.54) is 11.3 Å². The lowest BCUT2D eigenvalue weighted by Crippen LogP contribution is -2.40. The molecule has 2 rings (SSSR count). The monoisotopic (exact) mass is 304 g/mol. The van der Waals surface area contributed by atoms with E-state index in [9.17, 15) is 9.59 Å². The molecule has 0 saturated carbocycles. The Bertz CT molecular complexity index is 663. The molecule has 0 spiro atoms. The van der Waals surface area contributed by atoms with Crippen LogP contribution >= 0.6 is 11.3 Å². The van der Waals surface area contributed by atoms with Crippen LogP contribution in [-0.2, 0) is 4.79 Å². The predicted molar refractivity (Wildman–Crippen MR) is 86.8 cm³/mol. The molecular weight excluding hydrogens is 284 g/mol. The molecule has 1 N–H and O–H groups in total. The molecule has 5 heteroatoms. The van der Waals surface area contributed by atoms with Gasteiger partial charge in [-0.3, -0.25) is 9.59 Å². The van der Waals surface area contributed by atoms with Crippen molar-refractivity contribution in [1.29, 1.82) is 0 Å². The number of hydrogen-bond acceptors (Lipinski definition) is 3. The predicted octanol–water partition coefficient (Wildman–Crippen LogP) is 2.81. The molecular formula is C16H20N2O2S. The maximum absolute atomic E-state index is 12.7. The van der Waals surface area contributed by atoms with E-state index in [4.69, 9.17) is 0 Å². The molecule has 1 aromatic heterocycles. The van der Waals surface area contributed by atoms with Crippen molar-refractivity contribution in [2.45, 2.75) is 20.8 Å². The second-order valence-corrected chi connectivity index (χ2v) is 5.88. The Morgan fingerprint density at radius 2 is 1.95 bits per heavy atom. The van der Waals surface area contributed by atoms with Crippen molar-refractivity contribution in [3.63, 3.8) is 0 Å². The van der Waals surface area contributed by atoms with Gasteiger partial charge in [-0.15, -0.1) is 11.3 Å². The molecule has 112 valence electrons. The smallest absolute Gasteiger partial charge is 0.264 e. The van der Waals surface area contributed by atoms with Gasteiger partial charge in [-0.25, -0.2) is 0 Å². The fourth-order valence-electron chi connectivity index (χ4n) is 2.28. The molecule has 0 aliphatic heterocycles. The molecule has 0 radical (unpaired) electrons. The number of amides is 2. The summed E-state index contributed by atoms with van der Waals surface area (Å²) in [7, 11) is 0. The Morgan fingerprint density at radius 3 is 2.57 bits per heavy atom. The van der Waals surface area contributed by atoms with Gasteiger partial charge >= 0.3 is 0 Å². The van der Waals surface area contributed by atoms with Gasteiger partial charge in [0, 0.05) is 17.8 Å². The fraction of sp³-hybridized carbons (Fsp3) is 0.375. The first-order chi connectivity index (χ1) is 10.1. The second-order valence-electron chi connectivity index (χ2n) is 4.83. The van der Waals surface area contributed by atoms with Gasteiger partial charge in [0.1, 0.15) is 0 Å². The number of rotatable bonds is 5. The number of thiophene rings is 1. The summed E-state index contributed by atoms with van der Waals surface area (Å²) in [4.78, 5) is 26.7. The number of likely N-dealkylation sites (N-methyl/N-ethyl adjacent to an activating group) is 2. The lowest BCUT2D eigenvalue weighted by atomic mass is 10.1. The van der Waals surface area contributed by atoms with Crippen molar-refractivity contribution in [1.82, 2.24) is 10.2 Å². The molecule has 2 amide bonds. The molecule has 0 atom stereocenters. The minimum Gasteiger partial charge on any atom is -0.355 e. The molecule has 1 aromatic carbocycles. The van der Waals surface area contributed by atoms with Crippen LogP contribution in [0.1, 0.15) is 29.1 Å². The number of hydrogen-bond donors (Lipinski definition) is 1. The highest BCUT2D eigenvalue weighted by molar-refractivity contribution is 7.21. The largest absolute Gasteiger partial charge is 0.355 e. The van der Waals surface area contributed by atoms with Crippen molar-refractivity contribution < 1.29 is 9.59 Å². The summed E-state index contributed by atoms with van der Waals surface area (Å²) < 4.78 is 1.10. The quantitative estimate of drug-likeness (QED) is 0.923. The van der Waals surface area contributed by atoms with E-state index in [0.29, 0.717) is 13.1 Å². The lowest BCUT2D eigenvalue weighted by Gasteiger charge is -2.19. The first-order valence-electron chi connectivity index (χ1n) is 7.12. The molecule has 0 unspecified atom stereocenters. The van der Waals surface area contributed by atoms with Crippen LogP contribution in [0.25, 0.3) is 10.1 Å². The maximum atomic E-state index is 12.7. The van der Waals surface area contributed by atoms with Crippen LogP contribution in [0, 0.1) is 6.92 Å². The molecule has 0 aliphatic carbocycles. The Morgan fingerprint density at radius 1 is 1.24 bits per heavy atom. The summed E-state index contributed by atoms with van der Waals surface area (Å²) in [6, 6.07) is 7.99. The van der Waals surface area contributed by atoms with Gasteiger partial charge in [-0.05, 0) is 37.8 Å². The Kier molecular flexibility index (Phi) is 4.96. The standard InChI is InChI=1S/C16H20N2O2S/c1-4-17-14(19)10-18(5-2)16(20)15-11(3)12-8-6-7-9-13(12)21-15/h6-9H,4-5,10H2,1-3H3,(H,17,19). The van der Waals surface area contributed by atoms with E-state index in [1.807, 2.05) is 45.0 Å².